The summed E-state index contributed by atoms with van der Waals surface area (Å²) in [6, 6.07) is 15.3. The topological polar surface area (TPSA) is 47.6 Å². The van der Waals surface area contributed by atoms with E-state index in [-0.39, 0.29) is 24.5 Å². The third-order valence-corrected chi connectivity index (χ3v) is 4.54. The van der Waals surface area contributed by atoms with E-state index >= 15 is 0 Å². The molecule has 4 nitrogen and oxygen atoms in total. The Morgan fingerprint density at radius 3 is 2.38 bits per heavy atom. The summed E-state index contributed by atoms with van der Waals surface area (Å²) >= 11 is 2.19. The van der Waals surface area contributed by atoms with Crippen LogP contribution >= 0.6 is 22.6 Å². The highest BCUT2D eigenvalue weighted by atomic mass is 127. The van der Waals surface area contributed by atoms with E-state index in [2.05, 4.69) is 41.8 Å². The van der Waals surface area contributed by atoms with Gasteiger partial charge in [-0.2, -0.15) is 0 Å². The highest BCUT2D eigenvalue weighted by molar-refractivity contribution is 14.1. The van der Waals surface area contributed by atoms with Gasteiger partial charge < -0.3 is 14.8 Å². The number of carbonyl (C=O) groups is 1. The van der Waals surface area contributed by atoms with Crippen LogP contribution < -0.4 is 14.8 Å². The van der Waals surface area contributed by atoms with Gasteiger partial charge in [0.05, 0.1) is 16.7 Å². The van der Waals surface area contributed by atoms with Crippen molar-refractivity contribution in [3.63, 3.8) is 0 Å². The summed E-state index contributed by atoms with van der Waals surface area (Å²) in [6.07, 6.45) is 0. The van der Waals surface area contributed by atoms with Gasteiger partial charge in [0.2, 0.25) is 0 Å². The van der Waals surface area contributed by atoms with Crippen molar-refractivity contribution in [1.82, 2.24) is 5.32 Å². The summed E-state index contributed by atoms with van der Waals surface area (Å²) in [6.45, 7) is 4.16. The molecule has 0 saturated carbocycles. The van der Waals surface area contributed by atoms with Crippen LogP contribution in [0.5, 0.6) is 11.5 Å². The lowest BCUT2D eigenvalue weighted by molar-refractivity contribution is -0.124. The third-order valence-electron chi connectivity index (χ3n) is 3.65. The molecule has 2 rings (SSSR count). The van der Waals surface area contributed by atoms with E-state index in [1.807, 2.05) is 48.5 Å². The van der Waals surface area contributed by atoms with Crippen molar-refractivity contribution in [2.45, 2.75) is 19.9 Å². The highest BCUT2D eigenvalue weighted by Crippen LogP contribution is 2.24. The molecular formula is C19H22INO3. The number of para-hydroxylation sites is 1. The van der Waals surface area contributed by atoms with Crippen molar-refractivity contribution in [3.05, 3.63) is 57.7 Å². The minimum Gasteiger partial charge on any atom is -0.497 e. The van der Waals surface area contributed by atoms with E-state index in [0.717, 1.165) is 20.6 Å². The lowest BCUT2D eigenvalue weighted by Crippen LogP contribution is -2.35. The van der Waals surface area contributed by atoms with Gasteiger partial charge in [-0.3, -0.25) is 4.79 Å². The predicted molar refractivity (Wildman–Crippen MR) is 103 cm³/mol. The second kappa shape index (κ2) is 8.92. The van der Waals surface area contributed by atoms with Crippen LogP contribution in [0.3, 0.4) is 0 Å². The Bertz CT molecular complexity index is 671. The van der Waals surface area contributed by atoms with Crippen molar-refractivity contribution in [1.29, 1.82) is 0 Å². The minimum absolute atomic E-state index is 0.000606. The summed E-state index contributed by atoms with van der Waals surface area (Å²) in [4.78, 5) is 12.3. The van der Waals surface area contributed by atoms with Gasteiger partial charge in [0.1, 0.15) is 11.5 Å². The maximum atomic E-state index is 12.3. The van der Waals surface area contributed by atoms with Gasteiger partial charge in [0.15, 0.2) is 6.61 Å². The molecule has 0 bridgehead atoms. The maximum absolute atomic E-state index is 12.3. The summed E-state index contributed by atoms with van der Waals surface area (Å²) < 4.78 is 11.8. The number of methoxy groups -OCH3 is 1. The molecule has 2 aromatic carbocycles. The predicted octanol–water partition coefficient (Wildman–Crippen LogP) is 4.19. The Balaban J connectivity index is 1.99. The Labute approximate surface area is 156 Å². The highest BCUT2D eigenvalue weighted by Gasteiger charge is 2.18. The molecule has 24 heavy (non-hydrogen) atoms. The molecule has 0 aliphatic carbocycles. The Kier molecular flexibility index (Phi) is 6.90. The lowest BCUT2D eigenvalue weighted by Gasteiger charge is -2.23. The molecule has 0 aliphatic rings. The van der Waals surface area contributed by atoms with Crippen LogP contribution in [0.1, 0.15) is 25.5 Å². The first kappa shape index (κ1) is 18.6. The molecule has 5 heteroatoms. The Morgan fingerprint density at radius 2 is 1.79 bits per heavy atom. The molecule has 0 heterocycles. The van der Waals surface area contributed by atoms with Crippen LogP contribution in [0, 0.1) is 9.49 Å². The largest absolute Gasteiger partial charge is 0.497 e. The first-order valence-electron chi connectivity index (χ1n) is 7.82. The van der Waals surface area contributed by atoms with E-state index in [4.69, 9.17) is 9.47 Å². The molecule has 1 unspecified atom stereocenters. The van der Waals surface area contributed by atoms with Gasteiger partial charge in [-0.15, -0.1) is 0 Å². The number of carbonyl (C=O) groups excluding carboxylic acids is 1. The molecule has 0 saturated heterocycles. The molecule has 0 fully saturated rings. The molecule has 1 N–H and O–H groups in total. The molecular weight excluding hydrogens is 417 g/mol. The van der Waals surface area contributed by atoms with Crippen molar-refractivity contribution in [2.75, 3.05) is 13.7 Å². The number of nitrogens with one attached hydrogen (secondary N) is 1. The van der Waals surface area contributed by atoms with Gasteiger partial charge in [-0.05, 0) is 58.3 Å². The van der Waals surface area contributed by atoms with E-state index in [9.17, 15) is 4.79 Å². The van der Waals surface area contributed by atoms with Gasteiger partial charge in [-0.25, -0.2) is 0 Å². The first-order valence-corrected chi connectivity index (χ1v) is 8.89. The molecule has 0 aromatic heterocycles. The van der Waals surface area contributed by atoms with Crippen molar-refractivity contribution in [3.8, 4) is 11.5 Å². The van der Waals surface area contributed by atoms with Gasteiger partial charge in [-0.1, -0.05) is 38.1 Å². The summed E-state index contributed by atoms with van der Waals surface area (Å²) in [5.74, 6) is 1.65. The third kappa shape index (κ3) is 5.12. The molecule has 1 amide bonds. The normalized spacial score (nSPS) is 11.9. The lowest BCUT2D eigenvalue weighted by atomic mass is 9.96. The molecule has 0 aliphatic heterocycles. The Hall–Kier alpha value is -1.76. The van der Waals surface area contributed by atoms with Crippen molar-refractivity contribution < 1.29 is 14.3 Å². The molecule has 128 valence electrons. The number of rotatable bonds is 7. The van der Waals surface area contributed by atoms with Crippen molar-refractivity contribution in [2.24, 2.45) is 5.92 Å². The van der Waals surface area contributed by atoms with Gasteiger partial charge in [0.25, 0.3) is 5.91 Å². The number of halogens is 1. The quantitative estimate of drug-likeness (QED) is 0.659. The average molecular weight is 439 g/mol. The summed E-state index contributed by atoms with van der Waals surface area (Å²) in [7, 11) is 1.64. The van der Waals surface area contributed by atoms with Crippen LogP contribution in [0.15, 0.2) is 48.5 Å². The number of hydrogen-bond acceptors (Lipinski definition) is 3. The first-order chi connectivity index (χ1) is 11.5. The zero-order chi connectivity index (χ0) is 17.5. The van der Waals surface area contributed by atoms with E-state index in [1.54, 1.807) is 7.11 Å². The van der Waals surface area contributed by atoms with Crippen LogP contribution in [-0.2, 0) is 4.79 Å². The molecule has 2 aromatic rings. The standard InChI is InChI=1S/C19H22INO3/c1-13(2)19(14-8-10-15(23-3)11-9-14)21-18(22)12-24-17-7-5-4-6-16(17)20/h4-11,13,19H,12H2,1-3H3,(H,21,22). The second-order valence-electron chi connectivity index (χ2n) is 5.78. The number of benzene rings is 2. The number of ether oxygens (including phenoxy) is 2. The molecule has 0 radical (unpaired) electrons. The monoisotopic (exact) mass is 439 g/mol. The maximum Gasteiger partial charge on any atom is 0.258 e. The average Bonchev–Trinajstić information content (AvgIpc) is 2.59. The van der Waals surface area contributed by atoms with Crippen LogP contribution in [-0.4, -0.2) is 19.6 Å². The second-order valence-corrected chi connectivity index (χ2v) is 6.94. The Morgan fingerprint density at radius 1 is 1.12 bits per heavy atom. The summed E-state index contributed by atoms with van der Waals surface area (Å²) in [5, 5.41) is 3.05. The van der Waals surface area contributed by atoms with Crippen LogP contribution in [0.4, 0.5) is 0 Å². The molecule has 1 atom stereocenters. The minimum atomic E-state index is -0.135. The number of amides is 1. The van der Waals surface area contributed by atoms with Crippen molar-refractivity contribution >= 4 is 28.5 Å². The van der Waals surface area contributed by atoms with E-state index < -0.39 is 0 Å². The van der Waals surface area contributed by atoms with Gasteiger partial charge in [0, 0.05) is 0 Å². The fourth-order valence-electron chi connectivity index (χ4n) is 2.37. The van der Waals surface area contributed by atoms with Gasteiger partial charge >= 0.3 is 0 Å². The SMILES string of the molecule is COc1ccc(C(NC(=O)COc2ccccc2I)C(C)C)cc1. The molecule has 0 spiro atoms. The smallest absolute Gasteiger partial charge is 0.258 e. The van der Waals surface area contributed by atoms with Crippen LogP contribution in [0.25, 0.3) is 0 Å². The van der Waals surface area contributed by atoms with E-state index in [0.29, 0.717) is 0 Å². The summed E-state index contributed by atoms with van der Waals surface area (Å²) in [5.41, 5.74) is 1.05. The zero-order valence-electron chi connectivity index (χ0n) is 14.1. The van der Waals surface area contributed by atoms with Crippen LogP contribution in [0.2, 0.25) is 0 Å². The number of hydrogen-bond donors (Lipinski definition) is 1. The van der Waals surface area contributed by atoms with E-state index in [1.165, 1.54) is 0 Å². The fraction of sp³-hybridized carbons (Fsp3) is 0.316. The zero-order valence-corrected chi connectivity index (χ0v) is 16.2. The fourth-order valence-corrected chi connectivity index (χ4v) is 2.91.